The van der Waals surface area contributed by atoms with E-state index in [1.807, 2.05) is 0 Å². The molecule has 0 fully saturated rings. The summed E-state index contributed by atoms with van der Waals surface area (Å²) in [5.74, 6) is 0.135. The summed E-state index contributed by atoms with van der Waals surface area (Å²) in [7, 11) is 0. The molecule has 2 N–H and O–H groups in total. The summed E-state index contributed by atoms with van der Waals surface area (Å²) in [4.78, 5) is 22.1. The number of aromatic nitrogens is 4. The van der Waals surface area contributed by atoms with Gasteiger partial charge < -0.3 is 0 Å². The molecule has 0 saturated heterocycles. The lowest BCUT2D eigenvalue weighted by atomic mass is 10.4. The Balaban J connectivity index is 2.44. The third kappa shape index (κ3) is 1.84. The molecule has 0 spiro atoms. The van der Waals surface area contributed by atoms with Crippen molar-refractivity contribution >= 4 is 45.7 Å². The van der Waals surface area contributed by atoms with Crippen molar-refractivity contribution in [3.8, 4) is 0 Å². The zero-order valence-electron chi connectivity index (χ0n) is 7.36. The Bertz CT molecular complexity index is 535. The number of nitrogens with one attached hydrogen (secondary N) is 2. The number of urea groups is 1. The Kier molecular flexibility index (Phi) is 2.42. The molecule has 76 valence electrons. The number of aliphatic imine (C=N–C) groups is 1. The Hall–Kier alpha value is -1.83. The summed E-state index contributed by atoms with van der Waals surface area (Å²) in [6.45, 7) is 3.08. The summed E-state index contributed by atoms with van der Waals surface area (Å²) >= 11 is 3.23. The van der Waals surface area contributed by atoms with Crippen molar-refractivity contribution in [2.45, 2.75) is 0 Å². The predicted octanol–water partition coefficient (Wildman–Crippen LogP) is 1.35. The Morgan fingerprint density at radius 2 is 2.40 bits per heavy atom. The molecular weight excluding hydrogens is 264 g/mol. The van der Waals surface area contributed by atoms with Crippen molar-refractivity contribution in [2.24, 2.45) is 4.99 Å². The van der Waals surface area contributed by atoms with Crippen molar-refractivity contribution in [3.63, 3.8) is 0 Å². The van der Waals surface area contributed by atoms with E-state index in [9.17, 15) is 4.79 Å². The number of rotatable bonds is 1. The number of amides is 2. The molecule has 2 amide bonds. The highest BCUT2D eigenvalue weighted by Crippen LogP contribution is 2.19. The molecule has 2 aromatic rings. The zero-order valence-corrected chi connectivity index (χ0v) is 8.95. The summed E-state index contributed by atoms with van der Waals surface area (Å²) < 4.78 is 0.542. The summed E-state index contributed by atoms with van der Waals surface area (Å²) in [5, 5.41) is 9.54. The van der Waals surface area contributed by atoms with Crippen molar-refractivity contribution in [2.75, 3.05) is 5.32 Å². The first kappa shape index (κ1) is 9.71. The average molecular weight is 269 g/mol. The Morgan fingerprint density at radius 3 is 3.13 bits per heavy atom. The van der Waals surface area contributed by atoms with Crippen LogP contribution in [0.4, 0.5) is 10.7 Å². The molecule has 2 heterocycles. The van der Waals surface area contributed by atoms with Gasteiger partial charge in [0, 0.05) is 0 Å². The zero-order chi connectivity index (χ0) is 10.8. The van der Waals surface area contributed by atoms with Crippen LogP contribution in [0.15, 0.2) is 15.8 Å². The molecule has 0 bridgehead atoms. The van der Waals surface area contributed by atoms with Gasteiger partial charge in [-0.05, 0) is 22.6 Å². The molecule has 0 unspecified atom stereocenters. The maximum Gasteiger partial charge on any atom is 0.347 e. The van der Waals surface area contributed by atoms with Crippen LogP contribution in [0.2, 0.25) is 0 Å². The average Bonchev–Trinajstić information content (AvgIpc) is 2.66. The number of hydrogen-bond acceptors (Lipinski definition) is 4. The quantitative estimate of drug-likeness (QED) is 0.603. The molecule has 7 nitrogen and oxygen atoms in total. The largest absolute Gasteiger partial charge is 0.347 e. The molecule has 0 aliphatic heterocycles. The first-order chi connectivity index (χ1) is 7.20. The summed E-state index contributed by atoms with van der Waals surface area (Å²) in [6, 6.07) is -0.610. The van der Waals surface area contributed by atoms with Crippen molar-refractivity contribution in [1.29, 1.82) is 0 Å². The van der Waals surface area contributed by atoms with Gasteiger partial charge in [-0.3, -0.25) is 10.4 Å². The minimum atomic E-state index is -0.610. The number of H-pyrrole nitrogens is 1. The molecule has 0 radical (unpaired) electrons. The summed E-state index contributed by atoms with van der Waals surface area (Å²) in [5.41, 5.74) is 0.524. The minimum absolute atomic E-state index is 0.135. The van der Waals surface area contributed by atoms with E-state index in [0.29, 0.717) is 10.3 Å². The Morgan fingerprint density at radius 1 is 1.60 bits per heavy atom. The lowest BCUT2D eigenvalue weighted by Crippen LogP contribution is -2.09. The SMILES string of the molecule is C=NC(=O)Nc1nc(Br)c2cn[nH]c2n1. The van der Waals surface area contributed by atoms with E-state index in [-0.39, 0.29) is 5.95 Å². The third-order valence-electron chi connectivity index (χ3n) is 1.63. The van der Waals surface area contributed by atoms with Gasteiger partial charge in [0.05, 0.1) is 11.6 Å². The number of carbonyl (C=O) groups excluding carboxylic acids is 1. The van der Waals surface area contributed by atoms with E-state index < -0.39 is 6.03 Å². The first-order valence-electron chi connectivity index (χ1n) is 3.85. The van der Waals surface area contributed by atoms with Crippen molar-refractivity contribution in [3.05, 3.63) is 10.8 Å². The van der Waals surface area contributed by atoms with E-state index >= 15 is 0 Å². The second kappa shape index (κ2) is 3.73. The van der Waals surface area contributed by atoms with E-state index in [2.05, 4.69) is 53.1 Å². The number of fused-ring (bicyclic) bond motifs is 1. The number of carbonyl (C=O) groups is 1. The lowest BCUT2D eigenvalue weighted by Gasteiger charge is -2.00. The molecule has 2 aromatic heterocycles. The van der Waals surface area contributed by atoms with Crippen molar-refractivity contribution < 1.29 is 4.79 Å². The van der Waals surface area contributed by atoms with Crippen molar-refractivity contribution in [1.82, 2.24) is 20.2 Å². The van der Waals surface area contributed by atoms with E-state index in [4.69, 9.17) is 0 Å². The topological polar surface area (TPSA) is 95.9 Å². The standard InChI is InChI=1S/C7H5BrN6O/c1-9-7(15)13-6-11-4(8)3-2-10-14-5(3)12-6/h2H,1H2,(H2,10,11,12,13,14,15). The van der Waals surface area contributed by atoms with Gasteiger partial charge >= 0.3 is 6.03 Å². The van der Waals surface area contributed by atoms with Crippen LogP contribution < -0.4 is 5.32 Å². The lowest BCUT2D eigenvalue weighted by molar-refractivity contribution is 0.259. The number of anilines is 1. The van der Waals surface area contributed by atoms with Gasteiger partial charge in [0.25, 0.3) is 0 Å². The molecule has 0 atom stereocenters. The summed E-state index contributed by atoms with van der Waals surface area (Å²) in [6.07, 6.45) is 1.58. The van der Waals surface area contributed by atoms with Crippen LogP contribution in [0.5, 0.6) is 0 Å². The molecular formula is C7H5BrN6O. The fourth-order valence-corrected chi connectivity index (χ4v) is 1.45. The first-order valence-corrected chi connectivity index (χ1v) is 4.64. The van der Waals surface area contributed by atoms with Gasteiger partial charge in [0.15, 0.2) is 5.65 Å². The molecule has 2 rings (SSSR count). The van der Waals surface area contributed by atoms with Crippen LogP contribution in [-0.2, 0) is 0 Å². The van der Waals surface area contributed by atoms with Gasteiger partial charge in [-0.25, -0.2) is 14.8 Å². The van der Waals surface area contributed by atoms with E-state index in [1.54, 1.807) is 6.20 Å². The number of hydrogen-bond donors (Lipinski definition) is 2. The fourth-order valence-electron chi connectivity index (χ4n) is 0.991. The minimum Gasteiger partial charge on any atom is -0.274 e. The van der Waals surface area contributed by atoms with E-state index in [0.717, 1.165) is 5.39 Å². The molecule has 15 heavy (non-hydrogen) atoms. The number of aromatic amines is 1. The number of halogens is 1. The van der Waals surface area contributed by atoms with Crippen LogP contribution in [0.25, 0.3) is 11.0 Å². The number of nitrogens with zero attached hydrogens (tertiary/aromatic N) is 4. The highest BCUT2D eigenvalue weighted by Gasteiger charge is 2.08. The maximum absolute atomic E-state index is 10.9. The second-order valence-electron chi connectivity index (χ2n) is 2.56. The van der Waals surface area contributed by atoms with Crippen LogP contribution in [0.1, 0.15) is 0 Å². The molecule has 0 aliphatic rings. The molecule has 0 saturated carbocycles. The molecule has 0 aliphatic carbocycles. The van der Waals surface area contributed by atoms with Gasteiger partial charge in [0.1, 0.15) is 4.60 Å². The smallest absolute Gasteiger partial charge is 0.274 e. The molecule has 0 aromatic carbocycles. The normalized spacial score (nSPS) is 10.2. The van der Waals surface area contributed by atoms with E-state index in [1.165, 1.54) is 0 Å². The van der Waals surface area contributed by atoms with Gasteiger partial charge in [0.2, 0.25) is 5.95 Å². The predicted molar refractivity (Wildman–Crippen MR) is 58.0 cm³/mol. The van der Waals surface area contributed by atoms with Crippen LogP contribution in [0.3, 0.4) is 0 Å². The van der Waals surface area contributed by atoms with Crippen LogP contribution in [-0.4, -0.2) is 32.9 Å². The van der Waals surface area contributed by atoms with Gasteiger partial charge in [-0.15, -0.1) is 0 Å². The molecule has 8 heteroatoms. The fraction of sp³-hybridized carbons (Fsp3) is 0. The third-order valence-corrected chi connectivity index (χ3v) is 2.23. The highest BCUT2D eigenvalue weighted by atomic mass is 79.9. The van der Waals surface area contributed by atoms with Crippen LogP contribution >= 0.6 is 15.9 Å². The highest BCUT2D eigenvalue weighted by molar-refractivity contribution is 9.10. The Labute approximate surface area is 92.2 Å². The monoisotopic (exact) mass is 268 g/mol. The van der Waals surface area contributed by atoms with Crippen LogP contribution in [0, 0.1) is 0 Å². The second-order valence-corrected chi connectivity index (χ2v) is 3.31. The van der Waals surface area contributed by atoms with Gasteiger partial charge in [-0.1, -0.05) is 0 Å². The maximum atomic E-state index is 10.9. The van der Waals surface area contributed by atoms with Gasteiger partial charge in [-0.2, -0.15) is 10.1 Å².